The molecule has 0 saturated heterocycles. The van der Waals surface area contributed by atoms with Gasteiger partial charge in [0.1, 0.15) is 11.0 Å². The van der Waals surface area contributed by atoms with E-state index >= 15 is 0 Å². The summed E-state index contributed by atoms with van der Waals surface area (Å²) in [5.41, 5.74) is 0. The second kappa shape index (κ2) is 3.61. The van der Waals surface area contributed by atoms with Gasteiger partial charge in [-0.3, -0.25) is 4.68 Å². The maximum atomic E-state index is 10.6. The predicted octanol–water partition coefficient (Wildman–Crippen LogP) is -1.14. The van der Waals surface area contributed by atoms with Gasteiger partial charge >= 0.3 is 0 Å². The minimum Gasteiger partial charge on any atom is -0.394 e. The Kier molecular flexibility index (Phi) is 2.75. The van der Waals surface area contributed by atoms with Gasteiger partial charge in [-0.15, -0.1) is 0 Å². The highest BCUT2D eigenvalue weighted by Gasteiger charge is 2.01. The highest BCUT2D eigenvalue weighted by Crippen LogP contribution is 1.97. The van der Waals surface area contributed by atoms with Crippen molar-refractivity contribution in [2.45, 2.75) is 11.6 Å². The molecule has 1 aromatic rings. The summed E-state index contributed by atoms with van der Waals surface area (Å²) in [5.74, 6) is 0. The number of nitrogens with zero attached hydrogens (tertiary/aromatic N) is 2. The van der Waals surface area contributed by atoms with E-state index < -0.39 is 11.0 Å². The van der Waals surface area contributed by atoms with Crippen LogP contribution in [0.2, 0.25) is 0 Å². The van der Waals surface area contributed by atoms with Crippen molar-refractivity contribution in [2.24, 2.45) is 5.14 Å². The van der Waals surface area contributed by atoms with Crippen LogP contribution in [-0.2, 0) is 17.5 Å². The molecule has 1 atom stereocenters. The quantitative estimate of drug-likeness (QED) is 0.609. The Morgan fingerprint density at radius 1 is 1.82 bits per heavy atom. The number of aromatic nitrogens is 2. The summed E-state index contributed by atoms with van der Waals surface area (Å²) < 4.78 is 12.1. The van der Waals surface area contributed by atoms with Gasteiger partial charge in [0.15, 0.2) is 5.03 Å². The van der Waals surface area contributed by atoms with Gasteiger partial charge in [-0.1, -0.05) is 0 Å². The molecule has 0 spiro atoms. The van der Waals surface area contributed by atoms with Crippen LogP contribution in [0, 0.1) is 0 Å². The average molecular weight is 175 g/mol. The molecule has 0 radical (unpaired) electrons. The van der Waals surface area contributed by atoms with Crippen LogP contribution in [0.25, 0.3) is 0 Å². The lowest BCUT2D eigenvalue weighted by atomic mass is 10.7. The standard InChI is InChI=1S/C5H9N3O2S/c6-11(10)5-1-2-8(7-5)3-4-9/h1-2,9H,3-4,6H2. The number of hydrogen-bond acceptors (Lipinski definition) is 3. The molecule has 0 amide bonds. The molecular formula is C5H9N3O2S. The first kappa shape index (κ1) is 8.38. The predicted molar refractivity (Wildman–Crippen MR) is 39.9 cm³/mol. The molecule has 1 rings (SSSR count). The molecule has 0 fully saturated rings. The summed E-state index contributed by atoms with van der Waals surface area (Å²) >= 11 is 0. The van der Waals surface area contributed by atoms with E-state index in [0.29, 0.717) is 11.6 Å². The lowest BCUT2D eigenvalue weighted by molar-refractivity contribution is 0.268. The van der Waals surface area contributed by atoms with Crippen LogP contribution in [0.5, 0.6) is 0 Å². The molecule has 0 aliphatic carbocycles. The lowest BCUT2D eigenvalue weighted by Crippen LogP contribution is -2.07. The summed E-state index contributed by atoms with van der Waals surface area (Å²) in [6, 6.07) is 1.56. The summed E-state index contributed by atoms with van der Waals surface area (Å²) in [5, 5.41) is 17.7. The summed E-state index contributed by atoms with van der Waals surface area (Å²) in [4.78, 5) is 0. The van der Waals surface area contributed by atoms with Gasteiger partial charge in [-0.25, -0.2) is 9.35 Å². The number of aliphatic hydroxyl groups excluding tert-OH is 1. The number of aliphatic hydroxyl groups is 1. The van der Waals surface area contributed by atoms with Crippen molar-refractivity contribution in [3.8, 4) is 0 Å². The van der Waals surface area contributed by atoms with Gasteiger partial charge in [-0.05, 0) is 6.07 Å². The fourth-order valence-electron chi connectivity index (χ4n) is 0.677. The number of nitrogens with two attached hydrogens (primary N) is 1. The Morgan fingerprint density at radius 3 is 3.00 bits per heavy atom. The smallest absolute Gasteiger partial charge is 0.164 e. The van der Waals surface area contributed by atoms with Crippen LogP contribution in [0.1, 0.15) is 0 Å². The third kappa shape index (κ3) is 2.11. The fourth-order valence-corrected chi connectivity index (χ4v) is 1.06. The second-order valence-corrected chi connectivity index (χ2v) is 2.95. The van der Waals surface area contributed by atoms with Crippen molar-refractivity contribution in [1.29, 1.82) is 0 Å². The molecule has 6 heteroatoms. The SMILES string of the molecule is NS(=O)c1ccn(CCO)n1. The highest BCUT2D eigenvalue weighted by molar-refractivity contribution is 7.82. The molecule has 3 N–H and O–H groups in total. The lowest BCUT2D eigenvalue weighted by Gasteiger charge is -1.94. The minimum atomic E-state index is -1.53. The molecule has 5 nitrogen and oxygen atoms in total. The van der Waals surface area contributed by atoms with Crippen molar-refractivity contribution in [1.82, 2.24) is 9.78 Å². The summed E-state index contributed by atoms with van der Waals surface area (Å²) in [6.45, 7) is 0.412. The van der Waals surface area contributed by atoms with Crippen LogP contribution >= 0.6 is 0 Å². The van der Waals surface area contributed by atoms with Crippen molar-refractivity contribution in [2.75, 3.05) is 6.61 Å². The summed E-state index contributed by atoms with van der Waals surface area (Å²) in [7, 11) is -1.53. The molecule has 0 bridgehead atoms. The first-order valence-corrected chi connectivity index (χ1v) is 4.26. The summed E-state index contributed by atoms with van der Waals surface area (Å²) in [6.07, 6.45) is 1.62. The Balaban J connectivity index is 2.73. The van der Waals surface area contributed by atoms with E-state index in [9.17, 15) is 4.21 Å². The molecule has 62 valence electrons. The van der Waals surface area contributed by atoms with E-state index in [1.807, 2.05) is 0 Å². The van der Waals surface area contributed by atoms with Gasteiger partial charge in [0.05, 0.1) is 13.2 Å². The first-order chi connectivity index (χ1) is 5.24. The Morgan fingerprint density at radius 2 is 2.55 bits per heavy atom. The third-order valence-corrected chi connectivity index (χ3v) is 1.78. The van der Waals surface area contributed by atoms with Crippen molar-refractivity contribution in [3.05, 3.63) is 12.3 Å². The second-order valence-electron chi connectivity index (χ2n) is 1.94. The molecule has 1 aromatic heterocycles. The monoisotopic (exact) mass is 175 g/mol. The fraction of sp³-hybridized carbons (Fsp3) is 0.400. The van der Waals surface area contributed by atoms with Crippen LogP contribution in [-0.4, -0.2) is 25.7 Å². The topological polar surface area (TPSA) is 81.1 Å². The maximum Gasteiger partial charge on any atom is 0.164 e. The number of rotatable bonds is 3. The van der Waals surface area contributed by atoms with Gasteiger partial charge in [0.25, 0.3) is 0 Å². The van der Waals surface area contributed by atoms with Gasteiger partial charge < -0.3 is 5.11 Å². The van der Waals surface area contributed by atoms with E-state index in [1.54, 1.807) is 12.3 Å². The van der Waals surface area contributed by atoms with Gasteiger partial charge in [0, 0.05) is 6.20 Å². The Hall–Kier alpha value is -0.720. The van der Waals surface area contributed by atoms with Crippen LogP contribution in [0.15, 0.2) is 17.3 Å². The van der Waals surface area contributed by atoms with E-state index in [-0.39, 0.29) is 6.61 Å². The van der Waals surface area contributed by atoms with Crippen LogP contribution < -0.4 is 5.14 Å². The molecule has 1 unspecified atom stereocenters. The Labute approximate surface area is 66.4 Å². The minimum absolute atomic E-state index is 0.0122. The van der Waals surface area contributed by atoms with E-state index in [2.05, 4.69) is 5.10 Å². The van der Waals surface area contributed by atoms with E-state index in [0.717, 1.165) is 0 Å². The van der Waals surface area contributed by atoms with Gasteiger partial charge in [0.2, 0.25) is 0 Å². The van der Waals surface area contributed by atoms with Crippen LogP contribution in [0.3, 0.4) is 0 Å². The normalized spacial score (nSPS) is 13.3. The maximum absolute atomic E-state index is 10.6. The number of hydrogen-bond donors (Lipinski definition) is 2. The zero-order valence-electron chi connectivity index (χ0n) is 5.80. The van der Waals surface area contributed by atoms with Gasteiger partial charge in [-0.2, -0.15) is 5.10 Å². The highest BCUT2D eigenvalue weighted by atomic mass is 32.2. The van der Waals surface area contributed by atoms with E-state index in [1.165, 1.54) is 4.68 Å². The zero-order valence-corrected chi connectivity index (χ0v) is 6.62. The van der Waals surface area contributed by atoms with Crippen molar-refractivity contribution in [3.63, 3.8) is 0 Å². The molecular weight excluding hydrogens is 166 g/mol. The Bertz CT molecular complexity index is 260. The molecule has 0 aliphatic heterocycles. The zero-order chi connectivity index (χ0) is 8.27. The third-order valence-electron chi connectivity index (χ3n) is 1.15. The molecule has 0 saturated carbocycles. The van der Waals surface area contributed by atoms with Crippen molar-refractivity contribution < 1.29 is 9.32 Å². The van der Waals surface area contributed by atoms with Crippen LogP contribution in [0.4, 0.5) is 0 Å². The molecule has 11 heavy (non-hydrogen) atoms. The first-order valence-electron chi connectivity index (χ1n) is 3.04. The van der Waals surface area contributed by atoms with Crippen molar-refractivity contribution >= 4 is 11.0 Å². The molecule has 0 aromatic carbocycles. The average Bonchev–Trinajstić information content (AvgIpc) is 2.37. The largest absolute Gasteiger partial charge is 0.394 e. The van der Waals surface area contributed by atoms with E-state index in [4.69, 9.17) is 10.2 Å². The molecule has 0 aliphatic rings. The molecule has 1 heterocycles.